The van der Waals surface area contributed by atoms with E-state index < -0.39 is 0 Å². The van der Waals surface area contributed by atoms with Crippen molar-refractivity contribution in [3.05, 3.63) is 45.8 Å². The number of ether oxygens (including phenoxy) is 1. The first-order valence-corrected chi connectivity index (χ1v) is 7.85. The molecule has 3 nitrogen and oxygen atoms in total. The van der Waals surface area contributed by atoms with Crippen LogP contribution < -0.4 is 10.1 Å². The zero-order valence-electron chi connectivity index (χ0n) is 12.3. The van der Waals surface area contributed by atoms with Crippen LogP contribution in [0.25, 0.3) is 0 Å². The van der Waals surface area contributed by atoms with Gasteiger partial charge in [0.15, 0.2) is 0 Å². The van der Waals surface area contributed by atoms with Gasteiger partial charge in [0.2, 0.25) is 5.88 Å². The minimum absolute atomic E-state index is 0.592. The molecule has 0 radical (unpaired) electrons. The first-order valence-electron chi connectivity index (χ1n) is 6.97. The van der Waals surface area contributed by atoms with Crippen LogP contribution in [0.1, 0.15) is 30.0 Å². The second-order valence-electron chi connectivity index (χ2n) is 5.29. The molecule has 0 amide bonds. The Balaban J connectivity index is 1.88. The van der Waals surface area contributed by atoms with Crippen LogP contribution >= 0.6 is 11.3 Å². The van der Waals surface area contributed by atoms with Crippen LogP contribution in [0.4, 0.5) is 0 Å². The van der Waals surface area contributed by atoms with Gasteiger partial charge in [-0.3, -0.25) is 0 Å². The van der Waals surface area contributed by atoms with Gasteiger partial charge >= 0.3 is 0 Å². The van der Waals surface area contributed by atoms with Gasteiger partial charge in [-0.15, -0.1) is 11.3 Å². The van der Waals surface area contributed by atoms with Gasteiger partial charge in [-0.2, -0.15) is 0 Å². The van der Waals surface area contributed by atoms with Crippen molar-refractivity contribution < 1.29 is 4.74 Å². The van der Waals surface area contributed by atoms with Crippen molar-refractivity contribution in [2.24, 2.45) is 5.92 Å². The molecule has 20 heavy (non-hydrogen) atoms. The third kappa shape index (κ3) is 4.62. The molecule has 0 saturated carbocycles. The summed E-state index contributed by atoms with van der Waals surface area (Å²) < 4.78 is 5.71. The van der Waals surface area contributed by atoms with E-state index in [2.05, 4.69) is 41.7 Å². The molecule has 108 valence electrons. The number of nitrogens with one attached hydrogen (secondary N) is 1. The normalized spacial score (nSPS) is 11.0. The average molecular weight is 290 g/mol. The fourth-order valence-electron chi connectivity index (χ4n) is 1.87. The molecule has 2 aromatic heterocycles. The summed E-state index contributed by atoms with van der Waals surface area (Å²) in [5, 5.41) is 5.49. The van der Waals surface area contributed by atoms with Gasteiger partial charge in [0.05, 0.1) is 0 Å². The van der Waals surface area contributed by atoms with Crippen molar-refractivity contribution in [2.75, 3.05) is 6.54 Å². The van der Waals surface area contributed by atoms with Crippen LogP contribution in [0.15, 0.2) is 29.6 Å². The highest BCUT2D eigenvalue weighted by Gasteiger charge is 2.04. The topological polar surface area (TPSA) is 34.1 Å². The van der Waals surface area contributed by atoms with Crippen molar-refractivity contribution in [2.45, 2.75) is 33.9 Å². The van der Waals surface area contributed by atoms with Gasteiger partial charge in [-0.05, 0) is 36.4 Å². The lowest BCUT2D eigenvalue weighted by molar-refractivity contribution is 0.296. The summed E-state index contributed by atoms with van der Waals surface area (Å²) in [6.45, 7) is 8.93. The SMILES string of the molecule is Cc1nc(OCc2cccs2)ccc1CNCC(C)C. The summed E-state index contributed by atoms with van der Waals surface area (Å²) in [5.41, 5.74) is 2.26. The quantitative estimate of drug-likeness (QED) is 0.842. The maximum absolute atomic E-state index is 5.71. The Hall–Kier alpha value is -1.39. The maximum atomic E-state index is 5.71. The zero-order valence-corrected chi connectivity index (χ0v) is 13.2. The number of rotatable bonds is 7. The Kier molecular flexibility index (Phi) is 5.56. The zero-order chi connectivity index (χ0) is 14.4. The molecule has 2 aromatic rings. The van der Waals surface area contributed by atoms with Crippen molar-refractivity contribution in [3.63, 3.8) is 0 Å². The highest BCUT2D eigenvalue weighted by molar-refractivity contribution is 7.09. The Morgan fingerprint density at radius 1 is 1.30 bits per heavy atom. The Bertz CT molecular complexity index is 523. The monoisotopic (exact) mass is 290 g/mol. The molecule has 1 N–H and O–H groups in total. The van der Waals surface area contributed by atoms with E-state index >= 15 is 0 Å². The molecular weight excluding hydrogens is 268 g/mol. The molecule has 2 rings (SSSR count). The van der Waals surface area contributed by atoms with Gasteiger partial charge in [-0.1, -0.05) is 26.0 Å². The molecule has 0 spiro atoms. The number of hydrogen-bond donors (Lipinski definition) is 1. The molecule has 0 aliphatic heterocycles. The van der Waals surface area contributed by atoms with E-state index in [9.17, 15) is 0 Å². The molecule has 0 unspecified atom stereocenters. The lowest BCUT2D eigenvalue weighted by atomic mass is 10.2. The lowest BCUT2D eigenvalue weighted by Crippen LogP contribution is -2.19. The molecule has 0 fully saturated rings. The molecule has 0 aliphatic rings. The molecule has 0 aromatic carbocycles. The number of aromatic nitrogens is 1. The van der Waals surface area contributed by atoms with E-state index in [0.717, 1.165) is 18.8 Å². The lowest BCUT2D eigenvalue weighted by Gasteiger charge is -2.11. The van der Waals surface area contributed by atoms with Crippen molar-refractivity contribution >= 4 is 11.3 Å². The molecular formula is C16H22N2OS. The van der Waals surface area contributed by atoms with Crippen LogP contribution in [-0.2, 0) is 13.2 Å². The highest BCUT2D eigenvalue weighted by atomic mass is 32.1. The molecule has 0 aliphatic carbocycles. The van der Waals surface area contributed by atoms with Crippen LogP contribution in [0.2, 0.25) is 0 Å². The van der Waals surface area contributed by atoms with E-state index in [4.69, 9.17) is 4.74 Å². The molecule has 2 heterocycles. The number of hydrogen-bond acceptors (Lipinski definition) is 4. The minimum atomic E-state index is 0.592. The summed E-state index contributed by atoms with van der Waals surface area (Å²) in [5.74, 6) is 1.36. The Morgan fingerprint density at radius 3 is 2.80 bits per heavy atom. The molecule has 4 heteroatoms. The second kappa shape index (κ2) is 7.41. The third-order valence-corrected chi connectivity index (χ3v) is 3.83. The van der Waals surface area contributed by atoms with Crippen molar-refractivity contribution in [1.29, 1.82) is 0 Å². The van der Waals surface area contributed by atoms with Gasteiger partial charge in [-0.25, -0.2) is 4.98 Å². The number of nitrogens with zero attached hydrogens (tertiary/aromatic N) is 1. The van der Waals surface area contributed by atoms with Crippen molar-refractivity contribution in [3.8, 4) is 5.88 Å². The summed E-state index contributed by atoms with van der Waals surface area (Å²) in [6, 6.07) is 8.15. The van der Waals surface area contributed by atoms with Crippen molar-refractivity contribution in [1.82, 2.24) is 10.3 Å². The predicted octanol–water partition coefficient (Wildman–Crippen LogP) is 3.78. The fourth-order valence-corrected chi connectivity index (χ4v) is 2.49. The van der Waals surface area contributed by atoms with Gasteiger partial charge in [0.1, 0.15) is 6.61 Å². The van der Waals surface area contributed by atoms with Crippen LogP contribution in [0.3, 0.4) is 0 Å². The van der Waals surface area contributed by atoms with Gasteiger partial charge in [0.25, 0.3) is 0 Å². The smallest absolute Gasteiger partial charge is 0.213 e. The molecule has 0 saturated heterocycles. The van der Waals surface area contributed by atoms with E-state index in [1.165, 1.54) is 10.4 Å². The largest absolute Gasteiger partial charge is 0.472 e. The third-order valence-electron chi connectivity index (χ3n) is 2.98. The summed E-state index contributed by atoms with van der Waals surface area (Å²) in [7, 11) is 0. The van der Waals surface area contributed by atoms with E-state index in [1.807, 2.05) is 19.1 Å². The predicted molar refractivity (Wildman–Crippen MR) is 84.2 cm³/mol. The second-order valence-corrected chi connectivity index (χ2v) is 6.32. The Labute approximate surface area is 125 Å². The summed E-state index contributed by atoms with van der Waals surface area (Å²) in [6.07, 6.45) is 0. The maximum Gasteiger partial charge on any atom is 0.213 e. The molecule has 0 bridgehead atoms. The fraction of sp³-hybridized carbons (Fsp3) is 0.438. The minimum Gasteiger partial charge on any atom is -0.472 e. The van der Waals surface area contributed by atoms with E-state index in [-0.39, 0.29) is 0 Å². The standard InChI is InChI=1S/C16H22N2OS/c1-12(2)9-17-10-14-6-7-16(18-13(14)3)19-11-15-5-4-8-20-15/h4-8,12,17H,9-11H2,1-3H3. The van der Waals surface area contributed by atoms with Gasteiger partial charge < -0.3 is 10.1 Å². The first kappa shape index (κ1) is 15.0. The number of thiophene rings is 1. The van der Waals surface area contributed by atoms with Gasteiger partial charge in [0, 0.05) is 23.2 Å². The number of pyridine rings is 1. The van der Waals surface area contributed by atoms with Crippen LogP contribution in [-0.4, -0.2) is 11.5 Å². The van der Waals surface area contributed by atoms with E-state index in [0.29, 0.717) is 18.4 Å². The Morgan fingerprint density at radius 2 is 2.15 bits per heavy atom. The summed E-state index contributed by atoms with van der Waals surface area (Å²) >= 11 is 1.70. The highest BCUT2D eigenvalue weighted by Crippen LogP contribution is 2.16. The average Bonchev–Trinajstić information content (AvgIpc) is 2.91. The molecule has 0 atom stereocenters. The number of aryl methyl sites for hydroxylation is 1. The van der Waals surface area contributed by atoms with Crippen LogP contribution in [0.5, 0.6) is 5.88 Å². The summed E-state index contributed by atoms with van der Waals surface area (Å²) in [4.78, 5) is 5.73. The van der Waals surface area contributed by atoms with Crippen LogP contribution in [0, 0.1) is 12.8 Å². The first-order chi connectivity index (χ1) is 9.65. The van der Waals surface area contributed by atoms with E-state index in [1.54, 1.807) is 11.3 Å².